The van der Waals surface area contributed by atoms with E-state index in [9.17, 15) is 5.26 Å². The van der Waals surface area contributed by atoms with E-state index in [2.05, 4.69) is 6.07 Å². The molecule has 0 amide bonds. The second-order valence-corrected chi connectivity index (χ2v) is 4.80. The van der Waals surface area contributed by atoms with Gasteiger partial charge in [-0.1, -0.05) is 12.1 Å². The van der Waals surface area contributed by atoms with Crippen LogP contribution in [0.5, 0.6) is 5.75 Å². The van der Waals surface area contributed by atoms with Crippen LogP contribution in [-0.4, -0.2) is 19.3 Å². The van der Waals surface area contributed by atoms with Gasteiger partial charge in [-0.2, -0.15) is 5.26 Å². The van der Waals surface area contributed by atoms with Crippen molar-refractivity contribution in [2.24, 2.45) is 5.73 Å². The average Bonchev–Trinajstić information content (AvgIpc) is 2.42. The minimum atomic E-state index is -0.986. The van der Waals surface area contributed by atoms with E-state index in [4.69, 9.17) is 15.2 Å². The van der Waals surface area contributed by atoms with Crippen LogP contribution in [0.15, 0.2) is 24.3 Å². The summed E-state index contributed by atoms with van der Waals surface area (Å²) in [6.45, 7) is 2.51. The zero-order chi connectivity index (χ0) is 13.2. The van der Waals surface area contributed by atoms with Gasteiger partial charge in [0.1, 0.15) is 16.9 Å². The maximum absolute atomic E-state index is 9.37. The highest BCUT2D eigenvalue weighted by atomic mass is 16.5. The Balaban J connectivity index is 2.41. The van der Waals surface area contributed by atoms with E-state index in [1.165, 1.54) is 0 Å². The van der Waals surface area contributed by atoms with Crippen LogP contribution >= 0.6 is 0 Å². The first-order valence-electron chi connectivity index (χ1n) is 6.04. The summed E-state index contributed by atoms with van der Waals surface area (Å²) in [7, 11) is 1.62. The Kier molecular flexibility index (Phi) is 3.29. The third-order valence-electron chi connectivity index (χ3n) is 3.80. The summed E-state index contributed by atoms with van der Waals surface area (Å²) < 4.78 is 11.0. The van der Waals surface area contributed by atoms with E-state index >= 15 is 0 Å². The van der Waals surface area contributed by atoms with Gasteiger partial charge in [-0.05, 0) is 37.5 Å². The van der Waals surface area contributed by atoms with Crippen LogP contribution < -0.4 is 10.5 Å². The number of benzene rings is 1. The predicted molar refractivity (Wildman–Crippen MR) is 68.1 cm³/mol. The molecule has 1 heterocycles. The molecule has 0 spiro atoms. The number of methoxy groups -OCH3 is 1. The Morgan fingerprint density at radius 1 is 1.39 bits per heavy atom. The molecule has 2 N–H and O–H groups in total. The van der Waals surface area contributed by atoms with Crippen molar-refractivity contribution in [3.05, 3.63) is 29.8 Å². The van der Waals surface area contributed by atoms with E-state index < -0.39 is 11.1 Å². The molecule has 0 saturated carbocycles. The van der Waals surface area contributed by atoms with Gasteiger partial charge in [0.2, 0.25) is 0 Å². The van der Waals surface area contributed by atoms with Gasteiger partial charge in [0.05, 0.1) is 13.2 Å². The van der Waals surface area contributed by atoms with Crippen LogP contribution in [0, 0.1) is 11.3 Å². The lowest BCUT2D eigenvalue weighted by Gasteiger charge is -2.45. The van der Waals surface area contributed by atoms with Gasteiger partial charge in [-0.3, -0.25) is 0 Å². The van der Waals surface area contributed by atoms with Crippen molar-refractivity contribution in [3.8, 4) is 11.8 Å². The molecule has 1 aromatic carbocycles. The number of nitrogens with zero attached hydrogens (tertiary/aromatic N) is 1. The van der Waals surface area contributed by atoms with E-state index in [0.29, 0.717) is 13.0 Å². The molecule has 2 unspecified atom stereocenters. The summed E-state index contributed by atoms with van der Waals surface area (Å²) in [5.74, 6) is 0.776. The standard InChI is InChI=1S/C14H18N2O2/c1-13(11-4-6-12(17-2)7-5-11)14(16,10-15)8-3-9-18-13/h4-7H,3,8-9,16H2,1-2H3. The molecular formula is C14H18N2O2. The zero-order valence-electron chi connectivity index (χ0n) is 10.8. The number of ether oxygens (including phenoxy) is 2. The number of rotatable bonds is 2. The van der Waals surface area contributed by atoms with Crippen molar-refractivity contribution in [1.82, 2.24) is 0 Å². The quantitative estimate of drug-likeness (QED) is 0.866. The van der Waals surface area contributed by atoms with E-state index in [0.717, 1.165) is 17.7 Å². The summed E-state index contributed by atoms with van der Waals surface area (Å²) in [4.78, 5) is 0. The van der Waals surface area contributed by atoms with E-state index in [1.807, 2.05) is 31.2 Å². The van der Waals surface area contributed by atoms with Gasteiger partial charge >= 0.3 is 0 Å². The van der Waals surface area contributed by atoms with Crippen LogP contribution in [0.25, 0.3) is 0 Å². The fourth-order valence-electron chi connectivity index (χ4n) is 2.41. The Bertz CT molecular complexity index is 466. The van der Waals surface area contributed by atoms with Crippen LogP contribution in [0.3, 0.4) is 0 Å². The van der Waals surface area contributed by atoms with Crippen LogP contribution in [0.1, 0.15) is 25.3 Å². The van der Waals surface area contributed by atoms with Gasteiger partial charge in [-0.15, -0.1) is 0 Å². The molecule has 4 heteroatoms. The summed E-state index contributed by atoms with van der Waals surface area (Å²) in [6.07, 6.45) is 1.46. The first-order valence-corrected chi connectivity index (χ1v) is 6.04. The zero-order valence-corrected chi connectivity index (χ0v) is 10.8. The second kappa shape index (κ2) is 4.60. The molecule has 2 rings (SSSR count). The summed E-state index contributed by atoms with van der Waals surface area (Å²) >= 11 is 0. The Labute approximate surface area is 107 Å². The van der Waals surface area contributed by atoms with Crippen molar-refractivity contribution in [1.29, 1.82) is 5.26 Å². The van der Waals surface area contributed by atoms with E-state index in [-0.39, 0.29) is 0 Å². The Hall–Kier alpha value is -1.57. The molecule has 1 aromatic rings. The number of hydrogen-bond acceptors (Lipinski definition) is 4. The molecule has 2 atom stereocenters. The number of nitrogens with two attached hydrogens (primary N) is 1. The minimum Gasteiger partial charge on any atom is -0.497 e. The highest BCUT2D eigenvalue weighted by molar-refractivity contribution is 5.36. The third-order valence-corrected chi connectivity index (χ3v) is 3.80. The molecule has 0 aliphatic carbocycles. The fourth-order valence-corrected chi connectivity index (χ4v) is 2.41. The van der Waals surface area contributed by atoms with Gasteiger partial charge < -0.3 is 15.2 Å². The van der Waals surface area contributed by atoms with E-state index in [1.54, 1.807) is 7.11 Å². The first kappa shape index (κ1) is 12.9. The van der Waals surface area contributed by atoms with Crippen molar-refractivity contribution in [2.45, 2.75) is 30.9 Å². The third kappa shape index (κ3) is 1.86. The predicted octanol–water partition coefficient (Wildman–Crippen LogP) is 1.94. The summed E-state index contributed by atoms with van der Waals surface area (Å²) in [5, 5.41) is 9.37. The summed E-state index contributed by atoms with van der Waals surface area (Å²) in [6, 6.07) is 9.75. The molecule has 1 aliphatic rings. The first-order chi connectivity index (χ1) is 8.55. The molecule has 1 fully saturated rings. The van der Waals surface area contributed by atoms with Crippen molar-refractivity contribution in [3.63, 3.8) is 0 Å². The second-order valence-electron chi connectivity index (χ2n) is 4.80. The molecule has 0 bridgehead atoms. The van der Waals surface area contributed by atoms with Crippen molar-refractivity contribution < 1.29 is 9.47 Å². The lowest BCUT2D eigenvalue weighted by atomic mass is 9.73. The van der Waals surface area contributed by atoms with Crippen LogP contribution in [0.2, 0.25) is 0 Å². The molecule has 18 heavy (non-hydrogen) atoms. The Morgan fingerprint density at radius 2 is 2.06 bits per heavy atom. The maximum atomic E-state index is 9.37. The summed E-state index contributed by atoms with van der Waals surface area (Å²) in [5.41, 5.74) is 5.37. The SMILES string of the molecule is COc1ccc(C2(C)OCCCC2(N)C#N)cc1. The van der Waals surface area contributed by atoms with Gasteiger partial charge in [0.25, 0.3) is 0 Å². The van der Waals surface area contributed by atoms with Crippen LogP contribution in [0.4, 0.5) is 0 Å². The molecule has 1 saturated heterocycles. The van der Waals surface area contributed by atoms with Crippen molar-refractivity contribution >= 4 is 0 Å². The van der Waals surface area contributed by atoms with Gasteiger partial charge in [0, 0.05) is 6.61 Å². The Morgan fingerprint density at radius 3 is 2.61 bits per heavy atom. The lowest BCUT2D eigenvalue weighted by Crippen LogP contribution is -2.59. The molecule has 96 valence electrons. The molecule has 0 aromatic heterocycles. The molecule has 1 aliphatic heterocycles. The topological polar surface area (TPSA) is 68.3 Å². The molecular weight excluding hydrogens is 228 g/mol. The molecule has 0 radical (unpaired) electrons. The minimum absolute atomic E-state index is 0.628. The van der Waals surface area contributed by atoms with Gasteiger partial charge in [0.15, 0.2) is 0 Å². The highest BCUT2D eigenvalue weighted by Gasteiger charge is 2.50. The fraction of sp³-hybridized carbons (Fsp3) is 0.500. The molecule has 4 nitrogen and oxygen atoms in total. The maximum Gasteiger partial charge on any atom is 0.137 e. The van der Waals surface area contributed by atoms with Crippen LogP contribution in [-0.2, 0) is 10.3 Å². The normalized spacial score (nSPS) is 31.7. The van der Waals surface area contributed by atoms with Gasteiger partial charge in [-0.25, -0.2) is 0 Å². The van der Waals surface area contributed by atoms with Crippen molar-refractivity contribution in [2.75, 3.05) is 13.7 Å². The number of hydrogen-bond donors (Lipinski definition) is 1. The monoisotopic (exact) mass is 246 g/mol. The number of nitriles is 1. The largest absolute Gasteiger partial charge is 0.497 e. The smallest absolute Gasteiger partial charge is 0.137 e. The average molecular weight is 246 g/mol. The lowest BCUT2D eigenvalue weighted by molar-refractivity contribution is -0.107. The highest BCUT2D eigenvalue weighted by Crippen LogP contribution is 2.41.